The van der Waals surface area contributed by atoms with Crippen LogP contribution in [0.1, 0.15) is 16.9 Å². The lowest BCUT2D eigenvalue weighted by atomic mass is 10.3. The second-order valence-electron chi connectivity index (χ2n) is 6.03. The van der Waals surface area contributed by atoms with E-state index < -0.39 is 0 Å². The number of carbonyl (C=O) groups is 1. The van der Waals surface area contributed by atoms with E-state index in [1.165, 1.54) is 0 Å². The number of hydrogen-bond donors (Lipinski definition) is 1. The molecule has 26 heavy (non-hydrogen) atoms. The number of benzene rings is 1. The average Bonchev–Trinajstić information content (AvgIpc) is 3.15. The molecule has 2 heterocycles. The van der Waals surface area contributed by atoms with Gasteiger partial charge in [-0.3, -0.25) is 9.69 Å². The van der Waals surface area contributed by atoms with Crippen LogP contribution in [-0.2, 0) is 11.5 Å². The number of halogens is 1. The Kier molecular flexibility index (Phi) is 7.04. The Bertz CT molecular complexity index is 699. The molecule has 0 spiro atoms. The standard InChI is InChI=1S/C18H23BrN4O3/c19-15-2-4-16(5-3-15)26-14-23-9-6-17(21-23)18(24)20-7-1-8-22-10-12-25-13-11-22/h2-6,9H,1,7-8,10-14H2,(H,20,24). The first-order chi connectivity index (χ1) is 12.7. The minimum Gasteiger partial charge on any atom is -0.471 e. The molecular formula is C18H23BrN4O3. The van der Waals surface area contributed by atoms with Crippen molar-refractivity contribution in [1.29, 1.82) is 0 Å². The van der Waals surface area contributed by atoms with Gasteiger partial charge in [-0.25, -0.2) is 4.68 Å². The van der Waals surface area contributed by atoms with Crippen LogP contribution in [0.3, 0.4) is 0 Å². The molecule has 0 atom stereocenters. The van der Waals surface area contributed by atoms with Crippen molar-refractivity contribution in [2.45, 2.75) is 13.2 Å². The van der Waals surface area contributed by atoms with Gasteiger partial charge in [0.05, 0.1) is 13.2 Å². The predicted octanol–water partition coefficient (Wildman–Crippen LogP) is 2.13. The summed E-state index contributed by atoms with van der Waals surface area (Å²) in [4.78, 5) is 14.5. The highest BCUT2D eigenvalue weighted by Crippen LogP contribution is 2.16. The van der Waals surface area contributed by atoms with Crippen LogP contribution in [0.5, 0.6) is 5.75 Å². The van der Waals surface area contributed by atoms with Gasteiger partial charge in [-0.2, -0.15) is 5.10 Å². The molecule has 3 rings (SSSR count). The fourth-order valence-electron chi connectivity index (χ4n) is 2.65. The summed E-state index contributed by atoms with van der Waals surface area (Å²) in [7, 11) is 0. The molecule has 8 heteroatoms. The van der Waals surface area contributed by atoms with Crippen molar-refractivity contribution >= 4 is 21.8 Å². The number of morpholine rings is 1. The number of nitrogens with one attached hydrogen (secondary N) is 1. The van der Waals surface area contributed by atoms with Gasteiger partial charge >= 0.3 is 0 Å². The Balaban J connectivity index is 1.37. The molecule has 1 N–H and O–H groups in total. The van der Waals surface area contributed by atoms with Crippen LogP contribution >= 0.6 is 15.9 Å². The highest BCUT2D eigenvalue weighted by atomic mass is 79.9. The van der Waals surface area contributed by atoms with Crippen molar-refractivity contribution in [1.82, 2.24) is 20.0 Å². The first-order valence-corrected chi connectivity index (χ1v) is 9.50. The first-order valence-electron chi connectivity index (χ1n) is 8.71. The topological polar surface area (TPSA) is 68.6 Å². The molecule has 0 saturated carbocycles. The largest absolute Gasteiger partial charge is 0.471 e. The van der Waals surface area contributed by atoms with Crippen molar-refractivity contribution in [3.63, 3.8) is 0 Å². The van der Waals surface area contributed by atoms with E-state index >= 15 is 0 Å². The quantitative estimate of drug-likeness (QED) is 0.659. The average molecular weight is 423 g/mol. The second kappa shape index (κ2) is 9.70. The van der Waals surface area contributed by atoms with E-state index in [9.17, 15) is 4.79 Å². The molecule has 1 aromatic heterocycles. The molecule has 0 radical (unpaired) electrons. The van der Waals surface area contributed by atoms with Gasteiger partial charge in [0.25, 0.3) is 5.91 Å². The molecule has 1 fully saturated rings. The van der Waals surface area contributed by atoms with Gasteiger partial charge < -0.3 is 14.8 Å². The number of aromatic nitrogens is 2. The molecule has 7 nitrogen and oxygen atoms in total. The normalized spacial score (nSPS) is 15.0. The second-order valence-corrected chi connectivity index (χ2v) is 6.95. The summed E-state index contributed by atoms with van der Waals surface area (Å²) in [6, 6.07) is 9.26. The molecular weight excluding hydrogens is 400 g/mol. The molecule has 140 valence electrons. The smallest absolute Gasteiger partial charge is 0.271 e. The number of rotatable bonds is 8. The SMILES string of the molecule is O=C(NCCCN1CCOCC1)c1ccn(COc2ccc(Br)cc2)n1. The molecule has 1 saturated heterocycles. The number of hydrogen-bond acceptors (Lipinski definition) is 5. The Morgan fingerprint density at radius 1 is 1.23 bits per heavy atom. The Morgan fingerprint density at radius 2 is 2.00 bits per heavy atom. The predicted molar refractivity (Wildman–Crippen MR) is 101 cm³/mol. The van der Waals surface area contributed by atoms with Gasteiger partial charge in [-0.15, -0.1) is 0 Å². The fourth-order valence-corrected chi connectivity index (χ4v) is 2.91. The lowest BCUT2D eigenvalue weighted by molar-refractivity contribution is 0.0374. The third-order valence-corrected chi connectivity index (χ3v) is 4.62. The summed E-state index contributed by atoms with van der Waals surface area (Å²) in [6.07, 6.45) is 2.65. The molecule has 2 aromatic rings. The number of carbonyl (C=O) groups excluding carboxylic acids is 1. The molecule has 0 aliphatic carbocycles. The van der Waals surface area contributed by atoms with Gasteiger partial charge in [0.2, 0.25) is 0 Å². The minimum atomic E-state index is -0.158. The van der Waals surface area contributed by atoms with E-state index in [0.29, 0.717) is 12.2 Å². The Hall–Kier alpha value is -1.90. The molecule has 0 unspecified atom stereocenters. The van der Waals surface area contributed by atoms with Crippen molar-refractivity contribution in [3.8, 4) is 5.75 Å². The molecule has 1 amide bonds. The highest BCUT2D eigenvalue weighted by molar-refractivity contribution is 9.10. The van der Waals surface area contributed by atoms with Crippen LogP contribution in [-0.4, -0.2) is 60.0 Å². The van der Waals surface area contributed by atoms with Crippen LogP contribution in [0.2, 0.25) is 0 Å². The van der Waals surface area contributed by atoms with Crippen LogP contribution < -0.4 is 10.1 Å². The van der Waals surface area contributed by atoms with E-state index in [1.54, 1.807) is 16.9 Å². The van der Waals surface area contributed by atoms with Gasteiger partial charge in [0, 0.05) is 30.3 Å². The summed E-state index contributed by atoms with van der Waals surface area (Å²) >= 11 is 3.38. The third-order valence-electron chi connectivity index (χ3n) is 4.09. The maximum Gasteiger partial charge on any atom is 0.271 e. The molecule has 1 aliphatic rings. The molecule has 1 aliphatic heterocycles. The van der Waals surface area contributed by atoms with Crippen molar-refractivity contribution < 1.29 is 14.3 Å². The summed E-state index contributed by atoms with van der Waals surface area (Å²) < 4.78 is 13.6. The zero-order valence-corrected chi connectivity index (χ0v) is 16.2. The van der Waals surface area contributed by atoms with Crippen molar-refractivity contribution in [3.05, 3.63) is 46.7 Å². The van der Waals surface area contributed by atoms with Gasteiger partial charge in [0.15, 0.2) is 6.73 Å². The van der Waals surface area contributed by atoms with E-state index in [1.807, 2.05) is 24.3 Å². The maximum atomic E-state index is 12.2. The van der Waals surface area contributed by atoms with Crippen LogP contribution in [0.25, 0.3) is 0 Å². The Labute approximate surface area is 161 Å². The monoisotopic (exact) mass is 422 g/mol. The summed E-state index contributed by atoms with van der Waals surface area (Å²) in [5.74, 6) is 0.590. The summed E-state index contributed by atoms with van der Waals surface area (Å²) in [5, 5.41) is 7.17. The lowest BCUT2D eigenvalue weighted by Gasteiger charge is -2.26. The van der Waals surface area contributed by atoms with E-state index in [0.717, 1.165) is 49.5 Å². The Morgan fingerprint density at radius 3 is 2.77 bits per heavy atom. The van der Waals surface area contributed by atoms with Crippen LogP contribution in [0.4, 0.5) is 0 Å². The number of ether oxygens (including phenoxy) is 2. The molecule has 1 aromatic carbocycles. The van der Waals surface area contributed by atoms with E-state index in [-0.39, 0.29) is 12.6 Å². The number of nitrogens with zero attached hydrogens (tertiary/aromatic N) is 3. The summed E-state index contributed by atoms with van der Waals surface area (Å²) in [5.41, 5.74) is 0.399. The van der Waals surface area contributed by atoms with Gasteiger partial charge in [0.1, 0.15) is 11.4 Å². The van der Waals surface area contributed by atoms with Crippen LogP contribution in [0.15, 0.2) is 41.0 Å². The van der Waals surface area contributed by atoms with Gasteiger partial charge in [-0.05, 0) is 43.3 Å². The summed E-state index contributed by atoms with van der Waals surface area (Å²) in [6.45, 7) is 5.40. The molecule has 0 bridgehead atoms. The van der Waals surface area contributed by atoms with Crippen molar-refractivity contribution in [2.75, 3.05) is 39.4 Å². The fraction of sp³-hybridized carbons (Fsp3) is 0.444. The van der Waals surface area contributed by atoms with Crippen molar-refractivity contribution in [2.24, 2.45) is 0 Å². The third kappa shape index (κ3) is 5.82. The van der Waals surface area contributed by atoms with E-state index in [2.05, 4.69) is 31.2 Å². The van der Waals surface area contributed by atoms with E-state index in [4.69, 9.17) is 9.47 Å². The number of amides is 1. The highest BCUT2D eigenvalue weighted by Gasteiger charge is 2.11. The maximum absolute atomic E-state index is 12.2. The zero-order chi connectivity index (χ0) is 18.2. The van der Waals surface area contributed by atoms with Crippen LogP contribution in [0, 0.1) is 0 Å². The minimum absolute atomic E-state index is 0.158. The zero-order valence-electron chi connectivity index (χ0n) is 14.6. The first kappa shape index (κ1) is 18.9. The lowest BCUT2D eigenvalue weighted by Crippen LogP contribution is -2.38. The van der Waals surface area contributed by atoms with Gasteiger partial charge in [-0.1, -0.05) is 15.9 Å².